The van der Waals surface area contributed by atoms with Crippen LogP contribution in [-0.2, 0) is 16.0 Å². The fraction of sp³-hybridized carbons (Fsp3) is 0.375. The Kier molecular flexibility index (Phi) is 10.5. The second-order valence-electron chi connectivity index (χ2n) is 7.39. The van der Waals surface area contributed by atoms with Crippen LogP contribution < -0.4 is 14.2 Å². The molecule has 2 rings (SSSR count). The summed E-state index contributed by atoms with van der Waals surface area (Å²) in [6, 6.07) is 9.99. The van der Waals surface area contributed by atoms with E-state index in [1.165, 1.54) is 24.3 Å². The summed E-state index contributed by atoms with van der Waals surface area (Å²) in [4.78, 5) is 11.2. The quantitative estimate of drug-likeness (QED) is 0.341. The van der Waals surface area contributed by atoms with Crippen LogP contribution in [0.5, 0.6) is 17.2 Å². The number of halogens is 6. The summed E-state index contributed by atoms with van der Waals surface area (Å²) >= 11 is 0. The zero-order valence-corrected chi connectivity index (χ0v) is 19.1. The molecular weight excluding hydrogens is 498 g/mol. The van der Waals surface area contributed by atoms with Crippen LogP contribution in [0.25, 0.3) is 6.08 Å². The monoisotopic (exact) mass is 522 g/mol. The predicted octanol–water partition coefficient (Wildman–Crippen LogP) is 5.69. The summed E-state index contributed by atoms with van der Waals surface area (Å²) in [6.07, 6.45) is -7.12. The van der Waals surface area contributed by atoms with Crippen molar-refractivity contribution in [3.8, 4) is 17.2 Å². The molecule has 0 bridgehead atoms. The van der Waals surface area contributed by atoms with E-state index in [0.29, 0.717) is 5.75 Å². The fourth-order valence-corrected chi connectivity index (χ4v) is 2.87. The Hall–Kier alpha value is -3.41. The van der Waals surface area contributed by atoms with Gasteiger partial charge in [-0.1, -0.05) is 18.2 Å². The number of rotatable bonds is 13. The first-order valence-corrected chi connectivity index (χ1v) is 10.6. The zero-order valence-electron chi connectivity index (χ0n) is 19.1. The Bertz CT molecular complexity index is 965. The third kappa shape index (κ3) is 11.3. The van der Waals surface area contributed by atoms with Crippen molar-refractivity contribution in [2.45, 2.75) is 31.8 Å². The van der Waals surface area contributed by atoms with Gasteiger partial charge in [-0.15, -0.1) is 0 Å². The van der Waals surface area contributed by atoms with Crippen LogP contribution in [0.3, 0.4) is 0 Å². The van der Waals surface area contributed by atoms with Gasteiger partial charge in [-0.25, -0.2) is 4.79 Å². The van der Waals surface area contributed by atoms with Crippen LogP contribution in [0.4, 0.5) is 26.3 Å². The van der Waals surface area contributed by atoms with Gasteiger partial charge < -0.3 is 24.1 Å². The topological polar surface area (TPSA) is 74.2 Å². The van der Waals surface area contributed by atoms with E-state index >= 15 is 0 Å². The minimum absolute atomic E-state index is 0.0302. The Balaban J connectivity index is 2.01. The van der Waals surface area contributed by atoms with Gasteiger partial charge in [0.05, 0.1) is 0 Å². The number of carboxylic acids is 1. The maximum absolute atomic E-state index is 12.4. The molecule has 12 heteroatoms. The second-order valence-corrected chi connectivity index (χ2v) is 7.39. The maximum Gasteiger partial charge on any atom is 0.422 e. The molecule has 0 saturated heterocycles. The van der Waals surface area contributed by atoms with Crippen LogP contribution in [0.1, 0.15) is 18.1 Å². The molecule has 2 aromatic rings. The average Bonchev–Trinajstić information content (AvgIpc) is 2.79. The van der Waals surface area contributed by atoms with E-state index in [1.807, 2.05) is 0 Å². The SMILES string of the molecule is CCOC(Cc1ccc(OC/C=C/c2cc(OCC(F)(F)F)cc(OCC(F)(F)F)c2)cc1)C(=O)O. The molecule has 0 aromatic heterocycles. The molecule has 36 heavy (non-hydrogen) atoms. The lowest BCUT2D eigenvalue weighted by Crippen LogP contribution is -2.26. The summed E-state index contributed by atoms with van der Waals surface area (Å²) in [5, 5.41) is 9.15. The number of carbonyl (C=O) groups is 1. The van der Waals surface area contributed by atoms with E-state index in [2.05, 4.69) is 9.47 Å². The summed E-state index contributed by atoms with van der Waals surface area (Å²) < 4.78 is 94.6. The number of aliphatic carboxylic acids is 1. The van der Waals surface area contributed by atoms with Crippen molar-refractivity contribution >= 4 is 12.0 Å². The minimum Gasteiger partial charge on any atom is -0.490 e. The van der Waals surface area contributed by atoms with E-state index in [4.69, 9.17) is 14.6 Å². The molecule has 0 fully saturated rings. The number of alkyl halides is 6. The predicted molar refractivity (Wildman–Crippen MR) is 117 cm³/mol. The highest BCUT2D eigenvalue weighted by atomic mass is 19.4. The minimum atomic E-state index is -4.63. The normalized spacial score (nSPS) is 13.0. The Labute approximate surface area is 203 Å². The van der Waals surface area contributed by atoms with E-state index < -0.39 is 37.6 Å². The van der Waals surface area contributed by atoms with E-state index in [-0.39, 0.29) is 36.7 Å². The molecule has 0 heterocycles. The van der Waals surface area contributed by atoms with Crippen LogP contribution in [0.15, 0.2) is 48.5 Å². The summed E-state index contributed by atoms with van der Waals surface area (Å²) in [5.41, 5.74) is 0.960. The van der Waals surface area contributed by atoms with Gasteiger partial charge >= 0.3 is 18.3 Å². The molecule has 0 spiro atoms. The number of hydrogen-bond acceptors (Lipinski definition) is 5. The van der Waals surface area contributed by atoms with Gasteiger partial charge in [0.25, 0.3) is 0 Å². The van der Waals surface area contributed by atoms with Gasteiger partial charge in [-0.2, -0.15) is 26.3 Å². The lowest BCUT2D eigenvalue weighted by Gasteiger charge is -2.13. The van der Waals surface area contributed by atoms with Crippen molar-refractivity contribution in [2.75, 3.05) is 26.4 Å². The van der Waals surface area contributed by atoms with Crippen molar-refractivity contribution in [3.05, 3.63) is 59.7 Å². The zero-order chi connectivity index (χ0) is 26.8. The number of hydrogen-bond donors (Lipinski definition) is 1. The standard InChI is InChI=1S/C24H24F6O6/c1-2-33-21(22(31)32)12-16-5-7-18(8-6-16)34-9-3-4-17-10-19(35-14-23(25,26)27)13-20(11-17)36-15-24(28,29)30/h3-8,10-11,13,21H,2,9,12,14-15H2,1H3,(H,31,32)/b4-3+. The number of ether oxygens (including phenoxy) is 4. The lowest BCUT2D eigenvalue weighted by atomic mass is 10.1. The molecule has 0 aliphatic carbocycles. The van der Waals surface area contributed by atoms with E-state index in [0.717, 1.165) is 11.6 Å². The average molecular weight is 522 g/mol. The number of benzene rings is 2. The molecule has 198 valence electrons. The largest absolute Gasteiger partial charge is 0.490 e. The highest BCUT2D eigenvalue weighted by molar-refractivity contribution is 5.72. The molecule has 6 nitrogen and oxygen atoms in total. The lowest BCUT2D eigenvalue weighted by molar-refractivity contribution is -0.154. The number of carboxylic acid groups (broad SMARTS) is 1. The van der Waals surface area contributed by atoms with Crippen molar-refractivity contribution in [1.29, 1.82) is 0 Å². The molecule has 2 aromatic carbocycles. The summed E-state index contributed by atoms with van der Waals surface area (Å²) in [7, 11) is 0. The van der Waals surface area contributed by atoms with Gasteiger partial charge in [0.15, 0.2) is 19.3 Å². The first kappa shape index (κ1) is 28.8. The van der Waals surface area contributed by atoms with Gasteiger partial charge in [-0.3, -0.25) is 0 Å². The summed E-state index contributed by atoms with van der Waals surface area (Å²) in [6.45, 7) is -1.24. The molecule has 0 radical (unpaired) electrons. The molecule has 1 N–H and O–H groups in total. The van der Waals surface area contributed by atoms with Crippen molar-refractivity contribution in [3.63, 3.8) is 0 Å². The highest BCUT2D eigenvalue weighted by Crippen LogP contribution is 2.27. The Morgan fingerprint density at radius 3 is 1.92 bits per heavy atom. The first-order chi connectivity index (χ1) is 16.8. The van der Waals surface area contributed by atoms with Crippen LogP contribution in [0.2, 0.25) is 0 Å². The van der Waals surface area contributed by atoms with Gasteiger partial charge in [-0.05, 0) is 48.4 Å². The third-order valence-electron chi connectivity index (χ3n) is 4.35. The Morgan fingerprint density at radius 2 is 1.44 bits per heavy atom. The Morgan fingerprint density at radius 1 is 0.889 bits per heavy atom. The molecule has 0 aliphatic rings. The maximum atomic E-state index is 12.4. The van der Waals surface area contributed by atoms with Crippen molar-refractivity contribution in [2.24, 2.45) is 0 Å². The van der Waals surface area contributed by atoms with Crippen LogP contribution in [-0.4, -0.2) is 56.0 Å². The van der Waals surface area contributed by atoms with Crippen molar-refractivity contribution in [1.82, 2.24) is 0 Å². The van der Waals surface area contributed by atoms with Crippen LogP contribution in [0, 0.1) is 0 Å². The molecule has 0 saturated carbocycles. The van der Waals surface area contributed by atoms with E-state index in [1.54, 1.807) is 31.2 Å². The molecular formula is C24H24F6O6. The molecule has 0 aliphatic heterocycles. The summed E-state index contributed by atoms with van der Waals surface area (Å²) in [5.74, 6) is -1.23. The third-order valence-corrected chi connectivity index (χ3v) is 4.35. The molecule has 1 unspecified atom stereocenters. The first-order valence-electron chi connectivity index (χ1n) is 10.6. The van der Waals surface area contributed by atoms with Crippen molar-refractivity contribution < 1.29 is 55.2 Å². The van der Waals surface area contributed by atoms with Crippen LogP contribution >= 0.6 is 0 Å². The second kappa shape index (κ2) is 13.1. The highest BCUT2D eigenvalue weighted by Gasteiger charge is 2.30. The van der Waals surface area contributed by atoms with E-state index in [9.17, 15) is 31.1 Å². The van der Waals surface area contributed by atoms with Gasteiger partial charge in [0, 0.05) is 19.1 Å². The van der Waals surface area contributed by atoms with Gasteiger partial charge in [0.1, 0.15) is 23.9 Å². The fourth-order valence-electron chi connectivity index (χ4n) is 2.87. The van der Waals surface area contributed by atoms with Gasteiger partial charge in [0.2, 0.25) is 0 Å². The molecule has 0 amide bonds. The smallest absolute Gasteiger partial charge is 0.422 e. The molecule has 1 atom stereocenters.